The highest BCUT2D eigenvalue weighted by atomic mass is 16.1. The Hall–Kier alpha value is -3.28. The van der Waals surface area contributed by atoms with Crippen LogP contribution in [0.25, 0.3) is 21.9 Å². The molecule has 0 fully saturated rings. The summed E-state index contributed by atoms with van der Waals surface area (Å²) in [7, 11) is 0. The van der Waals surface area contributed by atoms with Gasteiger partial charge >= 0.3 is 0 Å². The van der Waals surface area contributed by atoms with Crippen LogP contribution in [0.15, 0.2) is 65.0 Å². The molecule has 0 aliphatic heterocycles. The Bertz CT molecular complexity index is 1050. The van der Waals surface area contributed by atoms with E-state index in [-0.39, 0.29) is 5.56 Å². The first-order valence-corrected chi connectivity index (χ1v) is 6.75. The predicted octanol–water partition coefficient (Wildman–Crippen LogP) is 2.16. The Morgan fingerprint density at radius 3 is 2.95 bits per heavy atom. The minimum atomic E-state index is -0.235. The summed E-state index contributed by atoms with van der Waals surface area (Å²) in [5, 5.41) is 5.08. The molecule has 0 aliphatic carbocycles. The smallest absolute Gasteiger partial charge is 0.298 e. The number of H-pyrrole nitrogens is 1. The molecule has 3 heterocycles. The minimum absolute atomic E-state index is 0.235. The Morgan fingerprint density at radius 2 is 2.09 bits per heavy atom. The van der Waals surface area contributed by atoms with Gasteiger partial charge in [0.1, 0.15) is 17.4 Å². The molecule has 0 radical (unpaired) electrons. The zero-order valence-corrected chi connectivity index (χ0v) is 11.5. The molecule has 6 nitrogen and oxygen atoms in total. The number of benzene rings is 1. The summed E-state index contributed by atoms with van der Waals surface area (Å²) in [4.78, 5) is 23.9. The standard InChI is InChI=1S/C16H11N5O/c22-16-15-14(12-5-1-2-6-13(12)20-15)18-10-21(16)19-9-11-4-3-7-17-8-11/h1-10,20H. The highest BCUT2D eigenvalue weighted by Crippen LogP contribution is 2.20. The van der Waals surface area contributed by atoms with Gasteiger partial charge in [0.2, 0.25) is 0 Å². The van der Waals surface area contributed by atoms with Gasteiger partial charge in [0.05, 0.1) is 6.21 Å². The van der Waals surface area contributed by atoms with E-state index in [9.17, 15) is 4.79 Å². The van der Waals surface area contributed by atoms with Crippen LogP contribution in [-0.2, 0) is 0 Å². The molecule has 1 N–H and O–H groups in total. The molecule has 22 heavy (non-hydrogen) atoms. The van der Waals surface area contributed by atoms with Gasteiger partial charge in [-0.3, -0.25) is 9.78 Å². The van der Waals surface area contributed by atoms with Crippen molar-refractivity contribution >= 4 is 28.2 Å². The van der Waals surface area contributed by atoms with Crippen LogP contribution < -0.4 is 5.56 Å². The number of rotatable bonds is 2. The van der Waals surface area contributed by atoms with Gasteiger partial charge in [0, 0.05) is 28.9 Å². The SMILES string of the molecule is O=c1c2[nH]c3ccccc3c2ncn1N=Cc1cccnc1. The van der Waals surface area contributed by atoms with Gasteiger partial charge < -0.3 is 4.98 Å². The molecule has 1 aromatic carbocycles. The zero-order valence-electron chi connectivity index (χ0n) is 11.5. The number of para-hydroxylation sites is 1. The van der Waals surface area contributed by atoms with E-state index in [0.29, 0.717) is 11.0 Å². The Balaban J connectivity index is 1.86. The predicted molar refractivity (Wildman–Crippen MR) is 85.1 cm³/mol. The van der Waals surface area contributed by atoms with Gasteiger partial charge in [-0.05, 0) is 12.1 Å². The summed E-state index contributed by atoms with van der Waals surface area (Å²) in [6.45, 7) is 0. The number of hydrogen-bond acceptors (Lipinski definition) is 4. The lowest BCUT2D eigenvalue weighted by Crippen LogP contribution is -2.17. The maximum atomic E-state index is 12.5. The van der Waals surface area contributed by atoms with Crippen molar-refractivity contribution in [1.82, 2.24) is 19.6 Å². The molecule has 4 aromatic rings. The summed E-state index contributed by atoms with van der Waals surface area (Å²) < 4.78 is 1.21. The van der Waals surface area contributed by atoms with Crippen LogP contribution in [0.1, 0.15) is 5.56 Å². The van der Waals surface area contributed by atoms with Crippen LogP contribution in [0.4, 0.5) is 0 Å². The second kappa shape index (κ2) is 4.92. The number of nitrogens with zero attached hydrogens (tertiary/aromatic N) is 4. The molecule has 4 rings (SSSR count). The monoisotopic (exact) mass is 289 g/mol. The van der Waals surface area contributed by atoms with E-state index in [1.165, 1.54) is 11.0 Å². The molecule has 0 saturated carbocycles. The summed E-state index contributed by atoms with van der Waals surface area (Å²) in [5.41, 5.74) is 2.57. The van der Waals surface area contributed by atoms with Crippen molar-refractivity contribution < 1.29 is 0 Å². The molecule has 0 amide bonds. The van der Waals surface area contributed by atoms with E-state index in [1.54, 1.807) is 18.6 Å². The van der Waals surface area contributed by atoms with Crippen molar-refractivity contribution in [3.8, 4) is 0 Å². The van der Waals surface area contributed by atoms with Crippen molar-refractivity contribution in [3.63, 3.8) is 0 Å². The van der Waals surface area contributed by atoms with Crippen LogP contribution in [0.2, 0.25) is 0 Å². The van der Waals surface area contributed by atoms with Gasteiger partial charge in [-0.25, -0.2) is 4.98 Å². The molecule has 0 aliphatic rings. The molecule has 0 saturated heterocycles. The van der Waals surface area contributed by atoms with Gasteiger partial charge in [0.15, 0.2) is 0 Å². The van der Waals surface area contributed by atoms with Crippen LogP contribution in [0.3, 0.4) is 0 Å². The number of aromatic nitrogens is 4. The second-order valence-corrected chi connectivity index (χ2v) is 4.82. The maximum Gasteiger partial charge on any atom is 0.298 e. The fourth-order valence-electron chi connectivity index (χ4n) is 2.36. The van der Waals surface area contributed by atoms with Crippen molar-refractivity contribution in [2.45, 2.75) is 0 Å². The lowest BCUT2D eigenvalue weighted by Gasteiger charge is -1.97. The molecule has 0 atom stereocenters. The number of aromatic amines is 1. The van der Waals surface area contributed by atoms with Crippen molar-refractivity contribution in [1.29, 1.82) is 0 Å². The number of nitrogens with one attached hydrogen (secondary N) is 1. The first kappa shape index (κ1) is 12.5. The van der Waals surface area contributed by atoms with E-state index in [0.717, 1.165) is 16.5 Å². The Labute approximate surface area is 124 Å². The largest absolute Gasteiger partial charge is 0.349 e. The van der Waals surface area contributed by atoms with E-state index in [4.69, 9.17) is 0 Å². The molecular formula is C16H11N5O. The number of hydrogen-bond donors (Lipinski definition) is 1. The summed E-state index contributed by atoms with van der Waals surface area (Å²) >= 11 is 0. The molecule has 3 aromatic heterocycles. The van der Waals surface area contributed by atoms with Crippen molar-refractivity contribution in [2.24, 2.45) is 5.10 Å². The highest BCUT2D eigenvalue weighted by molar-refractivity contribution is 6.04. The average molecular weight is 289 g/mol. The third kappa shape index (κ3) is 1.98. The second-order valence-electron chi connectivity index (χ2n) is 4.82. The first-order chi connectivity index (χ1) is 10.8. The molecule has 106 valence electrons. The molecule has 6 heteroatoms. The van der Waals surface area contributed by atoms with Crippen LogP contribution in [0, 0.1) is 0 Å². The van der Waals surface area contributed by atoms with E-state index in [1.807, 2.05) is 36.4 Å². The summed E-state index contributed by atoms with van der Waals surface area (Å²) in [5.74, 6) is 0. The van der Waals surface area contributed by atoms with Gasteiger partial charge in [-0.2, -0.15) is 9.78 Å². The third-order valence-electron chi connectivity index (χ3n) is 3.41. The topological polar surface area (TPSA) is 75.9 Å². The van der Waals surface area contributed by atoms with Gasteiger partial charge in [-0.15, -0.1) is 0 Å². The highest BCUT2D eigenvalue weighted by Gasteiger charge is 2.09. The van der Waals surface area contributed by atoms with E-state index >= 15 is 0 Å². The number of fused-ring (bicyclic) bond motifs is 3. The van der Waals surface area contributed by atoms with Crippen LogP contribution >= 0.6 is 0 Å². The average Bonchev–Trinajstić information content (AvgIpc) is 2.95. The van der Waals surface area contributed by atoms with Crippen molar-refractivity contribution in [3.05, 3.63) is 71.0 Å². The fraction of sp³-hybridized carbons (Fsp3) is 0. The Morgan fingerprint density at radius 1 is 1.18 bits per heavy atom. The van der Waals surface area contributed by atoms with Crippen molar-refractivity contribution in [2.75, 3.05) is 0 Å². The summed E-state index contributed by atoms with van der Waals surface area (Å²) in [6, 6.07) is 11.4. The van der Waals surface area contributed by atoms with Gasteiger partial charge in [-0.1, -0.05) is 24.3 Å². The fourth-order valence-corrected chi connectivity index (χ4v) is 2.36. The summed E-state index contributed by atoms with van der Waals surface area (Å²) in [6.07, 6.45) is 6.35. The third-order valence-corrected chi connectivity index (χ3v) is 3.41. The quantitative estimate of drug-likeness (QED) is 0.574. The van der Waals surface area contributed by atoms with Gasteiger partial charge in [0.25, 0.3) is 5.56 Å². The first-order valence-electron chi connectivity index (χ1n) is 6.75. The Kier molecular flexibility index (Phi) is 2.79. The normalized spacial score (nSPS) is 11.6. The van der Waals surface area contributed by atoms with Crippen LogP contribution in [-0.4, -0.2) is 25.8 Å². The van der Waals surface area contributed by atoms with Crippen LogP contribution in [0.5, 0.6) is 0 Å². The molecule has 0 bridgehead atoms. The lowest BCUT2D eigenvalue weighted by atomic mass is 10.2. The lowest BCUT2D eigenvalue weighted by molar-refractivity contribution is 0.815. The van der Waals surface area contributed by atoms with E-state index in [2.05, 4.69) is 20.1 Å². The minimum Gasteiger partial charge on any atom is -0.349 e. The zero-order chi connectivity index (χ0) is 14.9. The molecule has 0 spiro atoms. The number of pyridine rings is 1. The maximum absolute atomic E-state index is 12.5. The molecule has 0 unspecified atom stereocenters. The molecular weight excluding hydrogens is 278 g/mol. The van der Waals surface area contributed by atoms with E-state index < -0.39 is 0 Å².